The lowest BCUT2D eigenvalue weighted by Gasteiger charge is -2.24. The number of aromatic nitrogens is 2. The first-order valence-corrected chi connectivity index (χ1v) is 8.11. The Bertz CT molecular complexity index is 527. The van der Waals surface area contributed by atoms with Crippen molar-refractivity contribution in [3.63, 3.8) is 0 Å². The van der Waals surface area contributed by atoms with Crippen LogP contribution in [0.2, 0.25) is 0 Å². The van der Waals surface area contributed by atoms with Gasteiger partial charge >= 0.3 is 0 Å². The van der Waals surface area contributed by atoms with Gasteiger partial charge in [0.1, 0.15) is 11.6 Å². The maximum Gasteiger partial charge on any atom is 0.223 e. The molecule has 2 aliphatic heterocycles. The Kier molecular flexibility index (Phi) is 3.14. The molecule has 3 heterocycles. The second kappa shape index (κ2) is 5.02. The lowest BCUT2D eigenvalue weighted by molar-refractivity contribution is 0.340. The second-order valence-corrected chi connectivity index (χ2v) is 6.78. The van der Waals surface area contributed by atoms with Crippen LogP contribution < -0.4 is 21.7 Å². The van der Waals surface area contributed by atoms with Gasteiger partial charge in [-0.1, -0.05) is 0 Å². The zero-order valence-electron chi connectivity index (χ0n) is 12.4. The highest BCUT2D eigenvalue weighted by Gasteiger charge is 2.36. The minimum Gasteiger partial charge on any atom is -0.383 e. The third-order valence-corrected chi connectivity index (χ3v) is 5.12. The van der Waals surface area contributed by atoms with Crippen LogP contribution in [0.3, 0.4) is 0 Å². The molecule has 3 fully saturated rings. The van der Waals surface area contributed by atoms with Crippen molar-refractivity contribution in [3.8, 4) is 0 Å². The summed E-state index contributed by atoms with van der Waals surface area (Å²) in [4.78, 5) is 11.1. The molecule has 114 valence electrons. The molecule has 2 atom stereocenters. The van der Waals surface area contributed by atoms with Gasteiger partial charge in [-0.2, -0.15) is 9.97 Å². The van der Waals surface area contributed by atoms with Crippen LogP contribution in [0.15, 0.2) is 0 Å². The topological polar surface area (TPSA) is 93.1 Å². The van der Waals surface area contributed by atoms with Gasteiger partial charge in [-0.15, -0.1) is 0 Å². The predicted octanol–water partition coefficient (Wildman–Crippen LogP) is 0.782. The summed E-state index contributed by atoms with van der Waals surface area (Å²) in [6.45, 7) is 3.21. The number of nitrogens with zero attached hydrogens (tertiary/aromatic N) is 3. The van der Waals surface area contributed by atoms with Crippen LogP contribution in [0.5, 0.6) is 0 Å². The number of hydrogen-bond acceptors (Lipinski definition) is 6. The Balaban J connectivity index is 1.63. The van der Waals surface area contributed by atoms with Crippen molar-refractivity contribution in [2.24, 2.45) is 11.8 Å². The molecule has 2 saturated heterocycles. The molecule has 4 rings (SSSR count). The molecule has 1 aliphatic carbocycles. The van der Waals surface area contributed by atoms with E-state index in [9.17, 15) is 0 Å². The first-order valence-electron chi connectivity index (χ1n) is 8.11. The van der Waals surface area contributed by atoms with Gasteiger partial charge < -0.3 is 21.7 Å². The van der Waals surface area contributed by atoms with Crippen LogP contribution in [0.25, 0.3) is 0 Å². The second-order valence-electron chi connectivity index (χ2n) is 6.78. The van der Waals surface area contributed by atoms with Crippen molar-refractivity contribution in [2.75, 3.05) is 36.0 Å². The minimum absolute atomic E-state index is 0.296. The summed E-state index contributed by atoms with van der Waals surface area (Å²) in [5, 5.41) is 3.64. The minimum atomic E-state index is 0.296. The number of rotatable bonds is 3. The van der Waals surface area contributed by atoms with Crippen molar-refractivity contribution in [2.45, 2.75) is 38.1 Å². The van der Waals surface area contributed by atoms with Crippen LogP contribution in [-0.2, 0) is 6.42 Å². The quantitative estimate of drug-likeness (QED) is 0.761. The van der Waals surface area contributed by atoms with E-state index in [2.05, 4.69) is 20.2 Å². The van der Waals surface area contributed by atoms with Gasteiger partial charge in [0.25, 0.3) is 0 Å². The van der Waals surface area contributed by atoms with E-state index in [1.54, 1.807) is 0 Å². The van der Waals surface area contributed by atoms with Crippen molar-refractivity contribution in [1.29, 1.82) is 0 Å². The van der Waals surface area contributed by atoms with Gasteiger partial charge in [-0.05, 0) is 50.5 Å². The largest absolute Gasteiger partial charge is 0.383 e. The van der Waals surface area contributed by atoms with Gasteiger partial charge in [0.05, 0.1) is 0 Å². The zero-order valence-corrected chi connectivity index (χ0v) is 12.4. The van der Waals surface area contributed by atoms with Gasteiger partial charge in [-0.3, -0.25) is 0 Å². The van der Waals surface area contributed by atoms with E-state index in [0.717, 1.165) is 49.3 Å². The molecule has 21 heavy (non-hydrogen) atoms. The molecular weight excluding hydrogens is 264 g/mol. The summed E-state index contributed by atoms with van der Waals surface area (Å²) < 4.78 is 0. The monoisotopic (exact) mass is 288 g/mol. The van der Waals surface area contributed by atoms with E-state index in [-0.39, 0.29) is 0 Å². The third kappa shape index (κ3) is 2.52. The number of fused-ring (bicyclic) bond motifs is 1. The fourth-order valence-electron chi connectivity index (χ4n) is 3.79. The van der Waals surface area contributed by atoms with Crippen molar-refractivity contribution < 1.29 is 0 Å². The van der Waals surface area contributed by atoms with Crippen LogP contribution in [0.4, 0.5) is 17.6 Å². The number of piperidine rings is 1. The van der Waals surface area contributed by atoms with Gasteiger partial charge in [-0.25, -0.2) is 0 Å². The highest BCUT2D eigenvalue weighted by molar-refractivity contribution is 5.60. The molecule has 1 aromatic heterocycles. The molecule has 6 heteroatoms. The van der Waals surface area contributed by atoms with E-state index < -0.39 is 0 Å². The molecule has 3 aliphatic rings. The lowest BCUT2D eigenvalue weighted by atomic mass is 9.94. The predicted molar refractivity (Wildman–Crippen MR) is 84.0 cm³/mol. The van der Waals surface area contributed by atoms with Crippen LogP contribution in [0.1, 0.15) is 31.2 Å². The number of nitrogen functional groups attached to an aromatic ring is 2. The molecule has 2 unspecified atom stereocenters. The van der Waals surface area contributed by atoms with Crippen LogP contribution >= 0.6 is 0 Å². The molecule has 0 radical (unpaired) electrons. The third-order valence-electron chi connectivity index (χ3n) is 5.12. The first kappa shape index (κ1) is 13.1. The van der Waals surface area contributed by atoms with Crippen LogP contribution in [-0.4, -0.2) is 35.6 Å². The summed E-state index contributed by atoms with van der Waals surface area (Å²) >= 11 is 0. The molecule has 0 aromatic carbocycles. The fourth-order valence-corrected chi connectivity index (χ4v) is 3.79. The Labute approximate surface area is 125 Å². The molecule has 6 nitrogen and oxygen atoms in total. The average Bonchev–Trinajstić information content (AvgIpc) is 3.17. The smallest absolute Gasteiger partial charge is 0.223 e. The SMILES string of the molecule is Nc1nc(N)c(CC2CC2)c(N2CC3CCCNC3C2)n1. The molecule has 0 amide bonds. The fraction of sp³-hybridized carbons (Fsp3) is 0.733. The highest BCUT2D eigenvalue weighted by atomic mass is 15.3. The Morgan fingerprint density at radius 3 is 2.76 bits per heavy atom. The number of nitrogens with one attached hydrogen (secondary N) is 1. The molecule has 0 bridgehead atoms. The number of nitrogens with two attached hydrogens (primary N) is 2. The van der Waals surface area contributed by atoms with E-state index in [1.165, 1.54) is 25.7 Å². The van der Waals surface area contributed by atoms with Gasteiger partial charge in [0.15, 0.2) is 0 Å². The molecule has 1 saturated carbocycles. The zero-order chi connectivity index (χ0) is 14.4. The van der Waals surface area contributed by atoms with Crippen molar-refractivity contribution in [3.05, 3.63) is 5.56 Å². The molecule has 1 aromatic rings. The first-order chi connectivity index (χ1) is 10.2. The Morgan fingerprint density at radius 2 is 2.00 bits per heavy atom. The van der Waals surface area contributed by atoms with E-state index >= 15 is 0 Å². The number of anilines is 3. The lowest BCUT2D eigenvalue weighted by Crippen LogP contribution is -2.40. The van der Waals surface area contributed by atoms with Crippen molar-refractivity contribution in [1.82, 2.24) is 15.3 Å². The summed E-state index contributed by atoms with van der Waals surface area (Å²) in [6.07, 6.45) is 6.19. The Hall–Kier alpha value is -1.56. The summed E-state index contributed by atoms with van der Waals surface area (Å²) in [7, 11) is 0. The van der Waals surface area contributed by atoms with Gasteiger partial charge in [0.2, 0.25) is 5.95 Å². The standard InChI is InChI=1S/C15H24N6/c16-13-11(6-9-3-4-9)14(20-15(17)19-13)21-7-10-2-1-5-18-12(10)8-21/h9-10,12,18H,1-8H2,(H4,16,17,19,20). The Morgan fingerprint density at radius 1 is 1.14 bits per heavy atom. The van der Waals surface area contributed by atoms with Crippen LogP contribution in [0, 0.1) is 11.8 Å². The van der Waals surface area contributed by atoms with E-state index in [4.69, 9.17) is 11.5 Å². The normalized spacial score (nSPS) is 28.7. The van der Waals surface area contributed by atoms with E-state index in [1.807, 2.05) is 0 Å². The van der Waals surface area contributed by atoms with E-state index in [0.29, 0.717) is 17.8 Å². The summed E-state index contributed by atoms with van der Waals surface area (Å²) in [6, 6.07) is 0.588. The molecule has 5 N–H and O–H groups in total. The maximum absolute atomic E-state index is 6.14. The highest BCUT2D eigenvalue weighted by Crippen LogP contribution is 2.38. The van der Waals surface area contributed by atoms with Gasteiger partial charge in [0, 0.05) is 24.7 Å². The van der Waals surface area contributed by atoms with Crippen molar-refractivity contribution >= 4 is 17.6 Å². The number of hydrogen-bond donors (Lipinski definition) is 3. The summed E-state index contributed by atoms with van der Waals surface area (Å²) in [5.41, 5.74) is 13.1. The average molecular weight is 288 g/mol. The maximum atomic E-state index is 6.14. The molecule has 0 spiro atoms. The summed E-state index contributed by atoms with van der Waals surface area (Å²) in [5.74, 6) is 3.35. The molecular formula is C15H24N6.